The number of anilines is 1. The first-order valence-corrected chi connectivity index (χ1v) is 7.10. The molecule has 2 rings (SSSR count). The van der Waals surface area contributed by atoms with Gasteiger partial charge in [0.05, 0.1) is 7.11 Å². The van der Waals surface area contributed by atoms with Crippen molar-refractivity contribution in [1.29, 1.82) is 0 Å². The van der Waals surface area contributed by atoms with Gasteiger partial charge in [0.25, 0.3) is 0 Å². The van der Waals surface area contributed by atoms with Crippen LogP contribution in [0.3, 0.4) is 0 Å². The Labute approximate surface area is 121 Å². The predicted octanol–water partition coefficient (Wildman–Crippen LogP) is 4.34. The van der Waals surface area contributed by atoms with Gasteiger partial charge in [-0.25, -0.2) is 4.98 Å². The predicted molar refractivity (Wildman–Crippen MR) is 85.4 cm³/mol. The van der Waals surface area contributed by atoms with Gasteiger partial charge in [-0.1, -0.05) is 33.8 Å². The van der Waals surface area contributed by atoms with Gasteiger partial charge in [-0.05, 0) is 34.9 Å². The molecular weight excluding hydrogens is 248 g/mol. The highest BCUT2D eigenvalue weighted by Crippen LogP contribution is 2.29. The van der Waals surface area contributed by atoms with Crippen molar-refractivity contribution in [1.82, 2.24) is 4.98 Å². The number of pyridine rings is 1. The molecule has 0 radical (unpaired) electrons. The molecule has 3 nitrogen and oxygen atoms in total. The number of rotatable bonds is 5. The third-order valence-electron chi connectivity index (χ3n) is 4.25. The van der Waals surface area contributed by atoms with Gasteiger partial charge in [-0.3, -0.25) is 0 Å². The molecule has 1 aromatic carbocycles. The van der Waals surface area contributed by atoms with E-state index in [4.69, 9.17) is 4.74 Å². The zero-order chi connectivity index (χ0) is 14.8. The van der Waals surface area contributed by atoms with Crippen LogP contribution >= 0.6 is 0 Å². The van der Waals surface area contributed by atoms with Crippen molar-refractivity contribution in [2.45, 2.75) is 27.7 Å². The quantitative estimate of drug-likeness (QED) is 0.879. The Morgan fingerprint density at radius 1 is 1.25 bits per heavy atom. The van der Waals surface area contributed by atoms with Crippen LogP contribution in [0.1, 0.15) is 27.7 Å². The zero-order valence-electron chi connectivity index (χ0n) is 13.0. The first-order chi connectivity index (χ1) is 9.44. The third kappa shape index (κ3) is 3.03. The SMILES string of the molecule is COc1ccc2ccnc(NCC(C)(C)C(C)C)c2c1. The van der Waals surface area contributed by atoms with Gasteiger partial charge >= 0.3 is 0 Å². The van der Waals surface area contributed by atoms with Crippen LogP contribution in [-0.4, -0.2) is 18.6 Å². The lowest BCUT2D eigenvalue weighted by Gasteiger charge is -2.29. The summed E-state index contributed by atoms with van der Waals surface area (Å²) in [6.45, 7) is 9.95. The fraction of sp³-hybridized carbons (Fsp3) is 0.471. The van der Waals surface area contributed by atoms with Crippen LogP contribution in [0.4, 0.5) is 5.82 Å². The second kappa shape index (κ2) is 5.70. The Morgan fingerprint density at radius 2 is 2.00 bits per heavy atom. The standard InChI is InChI=1S/C17H24N2O/c1-12(2)17(3,4)11-19-16-15-10-14(20-5)7-6-13(15)8-9-18-16/h6-10,12H,11H2,1-5H3,(H,18,19). The van der Waals surface area contributed by atoms with Gasteiger partial charge in [0.15, 0.2) is 0 Å². The highest BCUT2D eigenvalue weighted by molar-refractivity contribution is 5.92. The highest BCUT2D eigenvalue weighted by Gasteiger charge is 2.22. The van der Waals surface area contributed by atoms with Crippen molar-refractivity contribution in [2.24, 2.45) is 11.3 Å². The van der Waals surface area contributed by atoms with Crippen LogP contribution in [0.5, 0.6) is 5.75 Å². The van der Waals surface area contributed by atoms with Crippen LogP contribution in [0, 0.1) is 11.3 Å². The molecule has 3 heteroatoms. The number of aromatic nitrogens is 1. The summed E-state index contributed by atoms with van der Waals surface area (Å²) in [5, 5.41) is 5.77. The molecule has 0 unspecified atom stereocenters. The minimum Gasteiger partial charge on any atom is -0.497 e. The molecule has 0 bridgehead atoms. The van der Waals surface area contributed by atoms with Gasteiger partial charge < -0.3 is 10.1 Å². The number of benzene rings is 1. The molecule has 1 aromatic heterocycles. The number of nitrogens with zero attached hydrogens (tertiary/aromatic N) is 1. The molecule has 1 N–H and O–H groups in total. The molecule has 0 spiro atoms. The molecule has 108 valence electrons. The Balaban J connectivity index is 2.30. The van der Waals surface area contributed by atoms with Gasteiger partial charge in [-0.15, -0.1) is 0 Å². The average Bonchev–Trinajstić information content (AvgIpc) is 2.44. The molecule has 0 fully saturated rings. The first-order valence-electron chi connectivity index (χ1n) is 7.10. The van der Waals surface area contributed by atoms with E-state index in [2.05, 4.69) is 44.1 Å². The largest absolute Gasteiger partial charge is 0.497 e. The van der Waals surface area contributed by atoms with Crippen LogP contribution in [0.2, 0.25) is 0 Å². The number of nitrogens with one attached hydrogen (secondary N) is 1. The number of hydrogen-bond acceptors (Lipinski definition) is 3. The summed E-state index contributed by atoms with van der Waals surface area (Å²) in [5.74, 6) is 2.39. The summed E-state index contributed by atoms with van der Waals surface area (Å²) >= 11 is 0. The average molecular weight is 272 g/mol. The first kappa shape index (κ1) is 14.6. The topological polar surface area (TPSA) is 34.1 Å². The molecule has 0 aliphatic carbocycles. The molecule has 0 aliphatic rings. The zero-order valence-corrected chi connectivity index (χ0v) is 13.0. The van der Waals surface area contributed by atoms with Crippen molar-refractivity contribution in [3.63, 3.8) is 0 Å². The molecule has 0 atom stereocenters. The van der Waals surface area contributed by atoms with Crippen LogP contribution in [0.25, 0.3) is 10.8 Å². The van der Waals surface area contributed by atoms with Crippen LogP contribution in [-0.2, 0) is 0 Å². The fourth-order valence-corrected chi connectivity index (χ4v) is 1.93. The van der Waals surface area contributed by atoms with Gasteiger partial charge in [0.2, 0.25) is 0 Å². The summed E-state index contributed by atoms with van der Waals surface area (Å²) in [4.78, 5) is 4.48. The van der Waals surface area contributed by atoms with Gasteiger partial charge in [0.1, 0.15) is 11.6 Å². The van der Waals surface area contributed by atoms with E-state index in [-0.39, 0.29) is 5.41 Å². The van der Waals surface area contributed by atoms with E-state index in [1.165, 1.54) is 5.39 Å². The molecule has 2 aromatic rings. The van der Waals surface area contributed by atoms with Gasteiger partial charge in [-0.2, -0.15) is 0 Å². The van der Waals surface area contributed by atoms with Crippen molar-refractivity contribution in [3.8, 4) is 5.75 Å². The summed E-state index contributed by atoms with van der Waals surface area (Å²) in [6, 6.07) is 8.10. The Hall–Kier alpha value is -1.77. The highest BCUT2D eigenvalue weighted by atomic mass is 16.5. The molecule has 0 saturated carbocycles. The molecule has 0 aliphatic heterocycles. The van der Waals surface area contributed by atoms with E-state index in [0.717, 1.165) is 23.5 Å². The maximum Gasteiger partial charge on any atom is 0.133 e. The Kier molecular flexibility index (Phi) is 4.17. The van der Waals surface area contributed by atoms with E-state index in [0.29, 0.717) is 5.92 Å². The second-order valence-corrected chi connectivity index (χ2v) is 6.24. The third-order valence-corrected chi connectivity index (χ3v) is 4.25. The van der Waals surface area contributed by atoms with Crippen molar-refractivity contribution < 1.29 is 4.74 Å². The number of fused-ring (bicyclic) bond motifs is 1. The smallest absolute Gasteiger partial charge is 0.133 e. The van der Waals surface area contributed by atoms with Crippen LogP contribution < -0.4 is 10.1 Å². The van der Waals surface area contributed by atoms with Gasteiger partial charge in [0, 0.05) is 18.1 Å². The van der Waals surface area contributed by atoms with E-state index in [1.807, 2.05) is 24.4 Å². The summed E-state index contributed by atoms with van der Waals surface area (Å²) in [6.07, 6.45) is 1.85. The number of methoxy groups -OCH3 is 1. The van der Waals surface area contributed by atoms with E-state index in [9.17, 15) is 0 Å². The number of hydrogen-bond donors (Lipinski definition) is 1. The normalized spacial score (nSPS) is 11.9. The second-order valence-electron chi connectivity index (χ2n) is 6.24. The Morgan fingerprint density at radius 3 is 2.65 bits per heavy atom. The molecule has 0 amide bonds. The van der Waals surface area contributed by atoms with Crippen molar-refractivity contribution >= 4 is 16.6 Å². The number of ether oxygens (including phenoxy) is 1. The minimum absolute atomic E-state index is 0.225. The monoisotopic (exact) mass is 272 g/mol. The lowest BCUT2D eigenvalue weighted by molar-refractivity contribution is 0.269. The minimum atomic E-state index is 0.225. The summed E-state index contributed by atoms with van der Waals surface area (Å²) in [7, 11) is 1.69. The Bertz CT molecular complexity index is 591. The lowest BCUT2D eigenvalue weighted by Crippen LogP contribution is -2.28. The van der Waals surface area contributed by atoms with E-state index < -0.39 is 0 Å². The fourth-order valence-electron chi connectivity index (χ4n) is 1.93. The maximum absolute atomic E-state index is 5.31. The molecule has 20 heavy (non-hydrogen) atoms. The van der Waals surface area contributed by atoms with Crippen LogP contribution in [0.15, 0.2) is 30.5 Å². The van der Waals surface area contributed by atoms with Crippen molar-refractivity contribution in [2.75, 3.05) is 19.0 Å². The van der Waals surface area contributed by atoms with Crippen molar-refractivity contribution in [3.05, 3.63) is 30.5 Å². The molecular formula is C17H24N2O. The molecule has 1 heterocycles. The van der Waals surface area contributed by atoms with E-state index >= 15 is 0 Å². The summed E-state index contributed by atoms with van der Waals surface area (Å²) < 4.78 is 5.31. The molecule has 0 saturated heterocycles. The lowest BCUT2D eigenvalue weighted by atomic mass is 9.81. The maximum atomic E-state index is 5.31. The summed E-state index contributed by atoms with van der Waals surface area (Å²) in [5.41, 5.74) is 0.225. The van der Waals surface area contributed by atoms with E-state index in [1.54, 1.807) is 7.11 Å².